The minimum absolute atomic E-state index is 0.196. The first kappa shape index (κ1) is 7.11. The highest BCUT2D eigenvalue weighted by molar-refractivity contribution is 5.64. The second-order valence-electron chi connectivity index (χ2n) is 5.01. The van der Waals surface area contributed by atoms with E-state index in [2.05, 4.69) is 0 Å². The highest BCUT2D eigenvalue weighted by Crippen LogP contribution is 2.66. The first-order valence-corrected chi connectivity index (χ1v) is 5.33. The zero-order valence-corrected chi connectivity index (χ0v) is 7.46. The number of fused-ring (bicyclic) bond motifs is 2. The zero-order valence-electron chi connectivity index (χ0n) is 7.46. The second-order valence-corrected chi connectivity index (χ2v) is 5.01. The summed E-state index contributed by atoms with van der Waals surface area (Å²) in [6.45, 7) is 0. The standard InChI is InChI=1S/C11H16O/c12-7-11-6-8-2-1-3-9(11)4-5-10(8)11/h7-10H,1-6H2. The molecule has 3 rings (SSSR count). The van der Waals surface area contributed by atoms with Crippen LogP contribution in [0.15, 0.2) is 0 Å². The Balaban J connectivity index is 2.00. The molecule has 0 saturated heterocycles. The van der Waals surface area contributed by atoms with Crippen LogP contribution in [-0.4, -0.2) is 6.29 Å². The molecule has 4 atom stereocenters. The van der Waals surface area contributed by atoms with Crippen LogP contribution in [0.1, 0.15) is 38.5 Å². The van der Waals surface area contributed by atoms with Gasteiger partial charge in [0.25, 0.3) is 0 Å². The predicted molar refractivity (Wildman–Crippen MR) is 46.7 cm³/mol. The third-order valence-corrected chi connectivity index (χ3v) is 4.81. The summed E-state index contributed by atoms with van der Waals surface area (Å²) in [6.07, 6.45) is 9.40. The smallest absolute Gasteiger partial charge is 0.126 e. The fraction of sp³-hybridized carbons (Fsp3) is 0.909. The van der Waals surface area contributed by atoms with E-state index in [-0.39, 0.29) is 5.41 Å². The Morgan fingerprint density at radius 2 is 2.08 bits per heavy atom. The lowest BCUT2D eigenvalue weighted by Gasteiger charge is -2.49. The summed E-state index contributed by atoms with van der Waals surface area (Å²) in [5.41, 5.74) is 0.196. The van der Waals surface area contributed by atoms with E-state index in [9.17, 15) is 4.79 Å². The normalized spacial score (nSPS) is 55.8. The minimum Gasteiger partial charge on any atom is -0.303 e. The molecule has 3 fully saturated rings. The summed E-state index contributed by atoms with van der Waals surface area (Å²) in [4.78, 5) is 11.1. The maximum Gasteiger partial charge on any atom is 0.126 e. The van der Waals surface area contributed by atoms with E-state index in [0.717, 1.165) is 17.8 Å². The van der Waals surface area contributed by atoms with Crippen LogP contribution in [0.2, 0.25) is 0 Å². The van der Waals surface area contributed by atoms with Gasteiger partial charge in [0.1, 0.15) is 6.29 Å². The van der Waals surface area contributed by atoms with Crippen LogP contribution in [0.3, 0.4) is 0 Å². The molecule has 0 heterocycles. The van der Waals surface area contributed by atoms with E-state index in [1.165, 1.54) is 44.8 Å². The lowest BCUT2D eigenvalue weighted by molar-refractivity contribution is -0.132. The van der Waals surface area contributed by atoms with Gasteiger partial charge in [-0.15, -0.1) is 0 Å². The average molecular weight is 164 g/mol. The molecule has 1 nitrogen and oxygen atoms in total. The number of hydrogen-bond acceptors (Lipinski definition) is 1. The van der Waals surface area contributed by atoms with E-state index in [4.69, 9.17) is 0 Å². The van der Waals surface area contributed by atoms with Crippen molar-refractivity contribution in [3.05, 3.63) is 0 Å². The number of carbonyl (C=O) groups excluding carboxylic acids is 1. The fourth-order valence-corrected chi connectivity index (χ4v) is 4.22. The number of rotatable bonds is 1. The van der Waals surface area contributed by atoms with Crippen molar-refractivity contribution in [2.24, 2.45) is 23.2 Å². The van der Waals surface area contributed by atoms with Crippen molar-refractivity contribution < 1.29 is 4.79 Å². The Kier molecular flexibility index (Phi) is 1.26. The topological polar surface area (TPSA) is 17.1 Å². The summed E-state index contributed by atoms with van der Waals surface area (Å²) in [5, 5.41) is 0. The van der Waals surface area contributed by atoms with Gasteiger partial charge in [-0.2, -0.15) is 0 Å². The molecule has 0 aromatic carbocycles. The lowest BCUT2D eigenvalue weighted by atomic mass is 9.54. The van der Waals surface area contributed by atoms with Gasteiger partial charge in [-0.1, -0.05) is 12.8 Å². The molecule has 3 aliphatic carbocycles. The summed E-state index contributed by atoms with van der Waals surface area (Å²) in [5.74, 6) is 2.52. The Morgan fingerprint density at radius 3 is 2.92 bits per heavy atom. The predicted octanol–water partition coefficient (Wildman–Crippen LogP) is 2.40. The first-order chi connectivity index (χ1) is 5.87. The molecule has 0 aromatic rings. The maximum absolute atomic E-state index is 11.1. The molecule has 0 spiro atoms. The third-order valence-electron chi connectivity index (χ3n) is 4.81. The summed E-state index contributed by atoms with van der Waals surface area (Å²) >= 11 is 0. The van der Waals surface area contributed by atoms with Crippen LogP contribution in [0.5, 0.6) is 0 Å². The molecule has 2 bridgehead atoms. The Morgan fingerprint density at radius 1 is 1.17 bits per heavy atom. The quantitative estimate of drug-likeness (QED) is 0.544. The average Bonchev–Trinajstić information content (AvgIpc) is 2.23. The Labute approximate surface area is 73.5 Å². The molecule has 66 valence electrons. The molecule has 0 amide bonds. The van der Waals surface area contributed by atoms with Crippen molar-refractivity contribution in [2.75, 3.05) is 0 Å². The van der Waals surface area contributed by atoms with Gasteiger partial charge >= 0.3 is 0 Å². The molecule has 3 saturated carbocycles. The SMILES string of the molecule is O=CC12CC3CCCC1CCC32. The van der Waals surface area contributed by atoms with E-state index in [1.54, 1.807) is 0 Å². The Bertz CT molecular complexity index is 215. The molecule has 0 N–H and O–H groups in total. The van der Waals surface area contributed by atoms with Crippen LogP contribution in [-0.2, 0) is 4.79 Å². The highest BCUT2D eigenvalue weighted by atomic mass is 16.1. The van der Waals surface area contributed by atoms with Crippen molar-refractivity contribution >= 4 is 6.29 Å². The maximum atomic E-state index is 11.1. The zero-order chi connectivity index (χ0) is 8.18. The van der Waals surface area contributed by atoms with Gasteiger partial charge < -0.3 is 4.79 Å². The summed E-state index contributed by atoms with van der Waals surface area (Å²) in [7, 11) is 0. The van der Waals surface area contributed by atoms with Crippen molar-refractivity contribution in [1.29, 1.82) is 0 Å². The lowest BCUT2D eigenvalue weighted by Crippen LogP contribution is -2.47. The van der Waals surface area contributed by atoms with Gasteiger partial charge in [0.05, 0.1) is 0 Å². The molecule has 0 aliphatic heterocycles. The van der Waals surface area contributed by atoms with Gasteiger partial charge in [0.2, 0.25) is 0 Å². The van der Waals surface area contributed by atoms with Gasteiger partial charge in [-0.05, 0) is 43.4 Å². The van der Waals surface area contributed by atoms with Crippen LogP contribution in [0, 0.1) is 23.2 Å². The van der Waals surface area contributed by atoms with Crippen molar-refractivity contribution in [3.8, 4) is 0 Å². The molecule has 1 heteroatoms. The molecule has 0 radical (unpaired) electrons. The van der Waals surface area contributed by atoms with E-state index >= 15 is 0 Å². The highest BCUT2D eigenvalue weighted by Gasteiger charge is 2.61. The van der Waals surface area contributed by atoms with Crippen LogP contribution in [0.25, 0.3) is 0 Å². The number of carbonyl (C=O) groups is 1. The molecule has 12 heavy (non-hydrogen) atoms. The fourth-order valence-electron chi connectivity index (χ4n) is 4.22. The number of hydrogen-bond donors (Lipinski definition) is 0. The first-order valence-electron chi connectivity index (χ1n) is 5.33. The largest absolute Gasteiger partial charge is 0.303 e. The number of aldehydes is 1. The van der Waals surface area contributed by atoms with Crippen LogP contribution in [0.4, 0.5) is 0 Å². The van der Waals surface area contributed by atoms with Gasteiger partial charge in [0.15, 0.2) is 0 Å². The molecular weight excluding hydrogens is 148 g/mol. The third kappa shape index (κ3) is 0.605. The summed E-state index contributed by atoms with van der Waals surface area (Å²) in [6, 6.07) is 0. The van der Waals surface area contributed by atoms with Gasteiger partial charge in [-0.3, -0.25) is 0 Å². The molecule has 3 aliphatic rings. The molecule has 0 aromatic heterocycles. The Hall–Kier alpha value is -0.330. The van der Waals surface area contributed by atoms with Gasteiger partial charge in [-0.25, -0.2) is 0 Å². The van der Waals surface area contributed by atoms with Crippen LogP contribution >= 0.6 is 0 Å². The van der Waals surface area contributed by atoms with Crippen molar-refractivity contribution in [1.82, 2.24) is 0 Å². The minimum atomic E-state index is 0.196. The van der Waals surface area contributed by atoms with E-state index in [1.807, 2.05) is 0 Å². The molecular formula is C11H16O. The molecule has 4 unspecified atom stereocenters. The summed E-state index contributed by atoms with van der Waals surface area (Å²) < 4.78 is 0. The van der Waals surface area contributed by atoms with Crippen LogP contribution < -0.4 is 0 Å². The monoisotopic (exact) mass is 164 g/mol. The second kappa shape index (κ2) is 2.12. The van der Waals surface area contributed by atoms with E-state index in [0.29, 0.717) is 0 Å². The van der Waals surface area contributed by atoms with Crippen molar-refractivity contribution in [3.63, 3.8) is 0 Å². The van der Waals surface area contributed by atoms with Gasteiger partial charge in [0, 0.05) is 5.41 Å². The van der Waals surface area contributed by atoms with Crippen molar-refractivity contribution in [2.45, 2.75) is 38.5 Å². The van der Waals surface area contributed by atoms with E-state index < -0.39 is 0 Å².